The lowest BCUT2D eigenvalue weighted by Crippen LogP contribution is -2.36. The fraction of sp³-hybridized carbons (Fsp3) is 0.414. The van der Waals surface area contributed by atoms with Crippen LogP contribution in [0, 0.1) is 25.5 Å². The van der Waals surface area contributed by atoms with Crippen LogP contribution in [0.5, 0.6) is 0 Å². The summed E-state index contributed by atoms with van der Waals surface area (Å²) in [6.45, 7) is 8.79. The van der Waals surface area contributed by atoms with Gasteiger partial charge in [0.1, 0.15) is 22.9 Å². The maximum absolute atomic E-state index is 15.0. The van der Waals surface area contributed by atoms with Gasteiger partial charge in [0.05, 0.1) is 29.5 Å². The highest BCUT2D eigenvalue weighted by Crippen LogP contribution is 2.30. The molecule has 0 aliphatic carbocycles. The van der Waals surface area contributed by atoms with Gasteiger partial charge in [0.25, 0.3) is 12.3 Å². The lowest BCUT2D eigenvalue weighted by molar-refractivity contribution is 0.0741. The highest BCUT2D eigenvalue weighted by molar-refractivity contribution is 5.95. The zero-order valence-electron chi connectivity index (χ0n) is 23.8. The van der Waals surface area contributed by atoms with Crippen LogP contribution in [0.2, 0.25) is 0 Å². The van der Waals surface area contributed by atoms with E-state index in [1.165, 1.54) is 6.07 Å². The van der Waals surface area contributed by atoms with Crippen LogP contribution in [-0.2, 0) is 0 Å². The van der Waals surface area contributed by atoms with Gasteiger partial charge >= 0.3 is 0 Å². The predicted molar refractivity (Wildman–Crippen MR) is 151 cm³/mol. The van der Waals surface area contributed by atoms with Gasteiger partial charge in [-0.25, -0.2) is 37.5 Å². The van der Waals surface area contributed by atoms with E-state index in [0.717, 1.165) is 6.20 Å². The SMILES string of the molecule is Cc1nc(Nc2ncc(F)c(-c3cc(F)c4nc(C)n(C(C)C)c4c3)n2)ccc1C(=O)N1CCCN(CC(F)F)CC1. The number of anilines is 2. The number of nitrogens with zero attached hydrogens (tertiary/aromatic N) is 7. The first-order valence-corrected chi connectivity index (χ1v) is 13.8. The number of nitrogens with one attached hydrogen (secondary N) is 1. The number of amides is 1. The summed E-state index contributed by atoms with van der Waals surface area (Å²) in [4.78, 5) is 33.6. The Kier molecular flexibility index (Phi) is 8.39. The van der Waals surface area contributed by atoms with Crippen LogP contribution in [0.3, 0.4) is 0 Å². The molecule has 1 aromatic carbocycles. The van der Waals surface area contributed by atoms with Gasteiger partial charge in [-0.15, -0.1) is 0 Å². The molecule has 1 N–H and O–H groups in total. The van der Waals surface area contributed by atoms with Crippen LogP contribution in [-0.4, -0.2) is 79.4 Å². The lowest BCUT2D eigenvalue weighted by Gasteiger charge is -2.22. The average molecular weight is 585 g/mol. The summed E-state index contributed by atoms with van der Waals surface area (Å²) >= 11 is 0. The van der Waals surface area contributed by atoms with Gasteiger partial charge in [0, 0.05) is 37.8 Å². The van der Waals surface area contributed by atoms with Crippen LogP contribution in [0.25, 0.3) is 22.3 Å². The molecule has 222 valence electrons. The minimum absolute atomic E-state index is 0.0147. The van der Waals surface area contributed by atoms with Gasteiger partial charge in [-0.3, -0.25) is 9.69 Å². The third-order valence-electron chi connectivity index (χ3n) is 7.29. The standard InChI is InChI=1S/C29H32F4N8O/c1-16(2)41-18(4)36-27-21(30)12-19(13-23(27)41)26-22(31)14-34-29(38-26)37-25-7-6-20(17(3)35-25)28(42)40-9-5-8-39(10-11-40)15-24(32)33/h6-7,12-14,16,24H,5,8-11,15H2,1-4H3,(H,34,35,37,38). The van der Waals surface area contributed by atoms with E-state index < -0.39 is 18.1 Å². The Morgan fingerprint density at radius 3 is 2.50 bits per heavy atom. The van der Waals surface area contributed by atoms with Crippen molar-refractivity contribution in [1.29, 1.82) is 0 Å². The molecule has 13 heteroatoms. The van der Waals surface area contributed by atoms with E-state index in [2.05, 4.69) is 25.3 Å². The number of aryl methyl sites for hydroxylation is 2. The Morgan fingerprint density at radius 1 is 1.00 bits per heavy atom. The molecule has 42 heavy (non-hydrogen) atoms. The zero-order valence-corrected chi connectivity index (χ0v) is 23.8. The van der Waals surface area contributed by atoms with E-state index in [4.69, 9.17) is 0 Å². The molecular formula is C29H32F4N8O. The summed E-state index contributed by atoms with van der Waals surface area (Å²) in [5.74, 6) is -0.509. The third-order valence-corrected chi connectivity index (χ3v) is 7.29. The van der Waals surface area contributed by atoms with E-state index in [-0.39, 0.29) is 41.2 Å². The van der Waals surface area contributed by atoms with E-state index >= 15 is 4.39 Å². The molecule has 4 aromatic rings. The number of carbonyl (C=O) groups excluding carboxylic acids is 1. The molecule has 0 saturated carbocycles. The fourth-order valence-corrected chi connectivity index (χ4v) is 5.38. The maximum atomic E-state index is 15.0. The van der Waals surface area contributed by atoms with Gasteiger partial charge in [0.15, 0.2) is 11.6 Å². The molecule has 1 fully saturated rings. The number of imidazole rings is 1. The third kappa shape index (κ3) is 6.06. The molecular weight excluding hydrogens is 552 g/mol. The number of aromatic nitrogens is 5. The molecule has 0 unspecified atom stereocenters. The normalized spacial score (nSPS) is 14.7. The van der Waals surface area contributed by atoms with Crippen LogP contribution < -0.4 is 5.32 Å². The van der Waals surface area contributed by atoms with Crippen molar-refractivity contribution >= 4 is 28.7 Å². The molecule has 5 rings (SSSR count). The maximum Gasteiger partial charge on any atom is 0.255 e. The Labute approximate surface area is 240 Å². The molecule has 1 amide bonds. The van der Waals surface area contributed by atoms with Gasteiger partial charge in [-0.1, -0.05) is 0 Å². The summed E-state index contributed by atoms with van der Waals surface area (Å²) in [6.07, 6.45) is -0.812. The molecule has 1 saturated heterocycles. The van der Waals surface area contributed by atoms with Gasteiger partial charge in [0.2, 0.25) is 5.95 Å². The quantitative estimate of drug-likeness (QED) is 0.286. The number of pyridine rings is 1. The first-order chi connectivity index (χ1) is 20.0. The zero-order chi connectivity index (χ0) is 30.1. The van der Waals surface area contributed by atoms with E-state index in [1.54, 1.807) is 41.8 Å². The van der Waals surface area contributed by atoms with Crippen molar-refractivity contribution in [3.63, 3.8) is 0 Å². The number of hydrogen-bond acceptors (Lipinski definition) is 7. The number of fused-ring (bicyclic) bond motifs is 1. The summed E-state index contributed by atoms with van der Waals surface area (Å²) in [5.41, 5.74) is 1.73. The fourth-order valence-electron chi connectivity index (χ4n) is 5.38. The van der Waals surface area contributed by atoms with Crippen molar-refractivity contribution in [2.75, 3.05) is 38.0 Å². The molecule has 0 atom stereocenters. The van der Waals surface area contributed by atoms with E-state index in [1.807, 2.05) is 18.4 Å². The van der Waals surface area contributed by atoms with Gasteiger partial charge in [-0.05, 0) is 58.4 Å². The van der Waals surface area contributed by atoms with Crippen molar-refractivity contribution in [2.24, 2.45) is 0 Å². The first kappa shape index (κ1) is 29.4. The largest absolute Gasteiger partial charge is 0.337 e. The van der Waals surface area contributed by atoms with E-state index in [9.17, 15) is 18.0 Å². The summed E-state index contributed by atoms with van der Waals surface area (Å²) in [5, 5.41) is 2.93. The van der Waals surface area contributed by atoms with Gasteiger partial charge in [-0.2, -0.15) is 0 Å². The Balaban J connectivity index is 1.36. The molecule has 1 aliphatic heterocycles. The number of hydrogen-bond donors (Lipinski definition) is 1. The number of rotatable bonds is 7. The first-order valence-electron chi connectivity index (χ1n) is 13.8. The van der Waals surface area contributed by atoms with Crippen molar-refractivity contribution in [2.45, 2.75) is 46.6 Å². The number of carbonyl (C=O) groups is 1. The van der Waals surface area contributed by atoms with Crippen molar-refractivity contribution in [1.82, 2.24) is 34.3 Å². The molecule has 1 aliphatic rings. The molecule has 0 spiro atoms. The molecule has 9 nitrogen and oxygen atoms in total. The van der Waals surface area contributed by atoms with Crippen molar-refractivity contribution < 1.29 is 22.4 Å². The highest BCUT2D eigenvalue weighted by Gasteiger charge is 2.24. The molecule has 0 bridgehead atoms. The summed E-state index contributed by atoms with van der Waals surface area (Å²) < 4.78 is 57.3. The number of benzene rings is 1. The summed E-state index contributed by atoms with van der Waals surface area (Å²) in [7, 11) is 0. The molecule has 4 heterocycles. The van der Waals surface area contributed by atoms with Crippen molar-refractivity contribution in [3.8, 4) is 11.3 Å². The summed E-state index contributed by atoms with van der Waals surface area (Å²) in [6, 6.07) is 6.08. The number of halogens is 4. The Hall–Kier alpha value is -4.13. The molecule has 0 radical (unpaired) electrons. The second-order valence-electron chi connectivity index (χ2n) is 10.6. The van der Waals surface area contributed by atoms with Crippen LogP contribution in [0.1, 0.15) is 48.2 Å². The monoisotopic (exact) mass is 584 g/mol. The van der Waals surface area contributed by atoms with Gasteiger partial charge < -0.3 is 14.8 Å². The predicted octanol–water partition coefficient (Wildman–Crippen LogP) is 5.52. The number of alkyl halides is 2. The second kappa shape index (κ2) is 12.0. The van der Waals surface area contributed by atoms with Crippen LogP contribution in [0.4, 0.5) is 29.3 Å². The topological polar surface area (TPSA) is 92.1 Å². The average Bonchev–Trinajstić information content (AvgIpc) is 3.10. The van der Waals surface area contributed by atoms with Crippen LogP contribution in [0.15, 0.2) is 30.5 Å². The highest BCUT2D eigenvalue weighted by atomic mass is 19.3. The molecule has 3 aromatic heterocycles. The second-order valence-corrected chi connectivity index (χ2v) is 10.6. The smallest absolute Gasteiger partial charge is 0.255 e. The van der Waals surface area contributed by atoms with E-state index in [0.29, 0.717) is 61.0 Å². The van der Waals surface area contributed by atoms with Crippen molar-refractivity contribution in [3.05, 3.63) is 59.2 Å². The minimum Gasteiger partial charge on any atom is -0.337 e. The van der Waals surface area contributed by atoms with Crippen LogP contribution >= 0.6 is 0 Å². The lowest BCUT2D eigenvalue weighted by atomic mass is 10.1. The Bertz CT molecular complexity index is 1620. The Morgan fingerprint density at radius 2 is 1.79 bits per heavy atom. The minimum atomic E-state index is -2.41.